The highest BCUT2D eigenvalue weighted by molar-refractivity contribution is 6.18. The van der Waals surface area contributed by atoms with E-state index in [1.807, 2.05) is 30.3 Å². The fourth-order valence-corrected chi connectivity index (χ4v) is 1.28. The van der Waals surface area contributed by atoms with Crippen LogP contribution in [0.2, 0.25) is 0 Å². The molecule has 2 N–H and O–H groups in total. The monoisotopic (exact) mass is 230 g/mol. The van der Waals surface area contributed by atoms with Gasteiger partial charge in [0.05, 0.1) is 12.5 Å². The van der Waals surface area contributed by atoms with E-state index in [0.29, 0.717) is 13.0 Å². The largest absolute Gasteiger partial charge is 0.387 e. The van der Waals surface area contributed by atoms with Gasteiger partial charge in [0.2, 0.25) is 0 Å². The molecular weight excluding hydrogens is 216 g/mol. The lowest BCUT2D eigenvalue weighted by Gasteiger charge is -2.15. The minimum Gasteiger partial charge on any atom is -0.387 e. The quantitative estimate of drug-likeness (QED) is 0.570. The Labute approximate surface area is 94.3 Å². The number of benzene rings is 1. The summed E-state index contributed by atoms with van der Waals surface area (Å²) in [6, 6.07) is 9.79. The van der Waals surface area contributed by atoms with Crippen molar-refractivity contribution in [3.05, 3.63) is 35.9 Å². The Morgan fingerprint density at radius 1 is 1.20 bits per heavy atom. The molecule has 3 nitrogen and oxygen atoms in total. The summed E-state index contributed by atoms with van der Waals surface area (Å²) in [5.41, 5.74) is 1.13. The van der Waals surface area contributed by atoms with Crippen molar-refractivity contribution < 1.29 is 14.9 Å². The second kappa shape index (κ2) is 6.80. The molecule has 1 aromatic carbocycles. The summed E-state index contributed by atoms with van der Waals surface area (Å²) in [4.78, 5) is 0. The van der Waals surface area contributed by atoms with Crippen molar-refractivity contribution in [2.45, 2.75) is 18.8 Å². The first-order valence-electron chi connectivity index (χ1n) is 4.81. The first-order valence-corrected chi connectivity index (χ1v) is 5.35. The lowest BCUT2D eigenvalue weighted by Crippen LogP contribution is -2.30. The van der Waals surface area contributed by atoms with Gasteiger partial charge in [-0.25, -0.2) is 0 Å². The Morgan fingerprint density at radius 3 is 2.47 bits per heavy atom. The van der Waals surface area contributed by atoms with Crippen LogP contribution in [0.3, 0.4) is 0 Å². The maximum Gasteiger partial charge on any atom is 0.181 e. The van der Waals surface area contributed by atoms with Gasteiger partial charge in [0.15, 0.2) is 6.29 Å². The number of aliphatic hydroxyl groups is 2. The van der Waals surface area contributed by atoms with E-state index >= 15 is 0 Å². The van der Waals surface area contributed by atoms with Crippen LogP contribution in [-0.4, -0.2) is 35.1 Å². The second-order valence-electron chi connectivity index (χ2n) is 3.22. The zero-order chi connectivity index (χ0) is 11.1. The summed E-state index contributed by atoms with van der Waals surface area (Å²) in [7, 11) is 0. The number of halogens is 1. The van der Waals surface area contributed by atoms with Gasteiger partial charge < -0.3 is 14.9 Å². The van der Waals surface area contributed by atoms with Crippen molar-refractivity contribution in [3.8, 4) is 0 Å². The van der Waals surface area contributed by atoms with Crippen LogP contribution in [0.25, 0.3) is 0 Å². The molecule has 4 heteroatoms. The van der Waals surface area contributed by atoms with Gasteiger partial charge in [-0.2, -0.15) is 0 Å². The molecule has 15 heavy (non-hydrogen) atoms. The molecule has 0 aromatic heterocycles. The Bertz CT molecular complexity index is 266. The number of ether oxygens (including phenoxy) is 1. The zero-order valence-electron chi connectivity index (χ0n) is 8.34. The topological polar surface area (TPSA) is 49.7 Å². The van der Waals surface area contributed by atoms with Gasteiger partial charge in [-0.05, 0) is 12.0 Å². The van der Waals surface area contributed by atoms with Crippen molar-refractivity contribution in [2.24, 2.45) is 0 Å². The van der Waals surface area contributed by atoms with E-state index in [1.165, 1.54) is 0 Å². The smallest absolute Gasteiger partial charge is 0.181 e. The SMILES string of the molecule is O[C@H](OCCc1ccccc1)[C@@H](O)CCl. The van der Waals surface area contributed by atoms with Gasteiger partial charge in [-0.1, -0.05) is 30.3 Å². The summed E-state index contributed by atoms with van der Waals surface area (Å²) in [5, 5.41) is 18.4. The van der Waals surface area contributed by atoms with E-state index < -0.39 is 12.4 Å². The van der Waals surface area contributed by atoms with Crippen LogP contribution in [0.15, 0.2) is 30.3 Å². The number of hydrogen-bond acceptors (Lipinski definition) is 3. The lowest BCUT2D eigenvalue weighted by atomic mass is 10.2. The molecule has 0 bridgehead atoms. The third-order valence-electron chi connectivity index (χ3n) is 2.01. The Hall–Kier alpha value is -0.610. The Kier molecular flexibility index (Phi) is 5.65. The van der Waals surface area contributed by atoms with E-state index in [0.717, 1.165) is 5.56 Å². The molecular formula is C11H15ClO3. The summed E-state index contributed by atoms with van der Waals surface area (Å²) in [6.07, 6.45) is -1.53. The van der Waals surface area contributed by atoms with Gasteiger partial charge in [-0.15, -0.1) is 11.6 Å². The van der Waals surface area contributed by atoms with Gasteiger partial charge >= 0.3 is 0 Å². The predicted molar refractivity (Wildman–Crippen MR) is 58.8 cm³/mol. The molecule has 2 atom stereocenters. The molecule has 0 aliphatic heterocycles. The molecule has 0 heterocycles. The third kappa shape index (κ3) is 4.62. The molecule has 1 aromatic rings. The summed E-state index contributed by atoms with van der Waals surface area (Å²) in [5.74, 6) is -0.0352. The minimum atomic E-state index is -1.20. The van der Waals surface area contributed by atoms with E-state index in [-0.39, 0.29) is 5.88 Å². The maximum atomic E-state index is 9.24. The average molecular weight is 231 g/mol. The fraction of sp³-hybridized carbons (Fsp3) is 0.455. The van der Waals surface area contributed by atoms with Crippen LogP contribution in [0.4, 0.5) is 0 Å². The highest BCUT2D eigenvalue weighted by atomic mass is 35.5. The van der Waals surface area contributed by atoms with Crippen molar-refractivity contribution >= 4 is 11.6 Å². The van der Waals surface area contributed by atoms with Gasteiger partial charge in [-0.3, -0.25) is 0 Å². The minimum absolute atomic E-state index is 0.0352. The molecule has 0 aliphatic carbocycles. The highest BCUT2D eigenvalue weighted by Crippen LogP contribution is 2.03. The molecule has 0 radical (unpaired) electrons. The summed E-state index contributed by atoms with van der Waals surface area (Å²) in [6.45, 7) is 0.360. The molecule has 1 rings (SSSR count). The first kappa shape index (κ1) is 12.5. The maximum absolute atomic E-state index is 9.24. The summed E-state index contributed by atoms with van der Waals surface area (Å²) < 4.78 is 5.02. The van der Waals surface area contributed by atoms with Crippen molar-refractivity contribution in [2.75, 3.05) is 12.5 Å². The van der Waals surface area contributed by atoms with E-state index in [4.69, 9.17) is 21.4 Å². The van der Waals surface area contributed by atoms with Crippen LogP contribution in [0.5, 0.6) is 0 Å². The van der Waals surface area contributed by atoms with E-state index in [2.05, 4.69) is 0 Å². The van der Waals surface area contributed by atoms with E-state index in [9.17, 15) is 5.11 Å². The van der Waals surface area contributed by atoms with Crippen LogP contribution < -0.4 is 0 Å². The number of rotatable bonds is 6. The van der Waals surface area contributed by atoms with Crippen molar-refractivity contribution in [1.82, 2.24) is 0 Å². The third-order valence-corrected chi connectivity index (χ3v) is 2.33. The van der Waals surface area contributed by atoms with E-state index in [1.54, 1.807) is 0 Å². The van der Waals surface area contributed by atoms with Gasteiger partial charge in [0.1, 0.15) is 6.10 Å². The summed E-state index contributed by atoms with van der Waals surface area (Å²) >= 11 is 5.35. The lowest BCUT2D eigenvalue weighted by molar-refractivity contribution is -0.154. The average Bonchev–Trinajstić information content (AvgIpc) is 2.29. The molecule has 0 saturated heterocycles. The number of aliphatic hydroxyl groups excluding tert-OH is 2. The Balaban J connectivity index is 2.22. The number of hydrogen-bond donors (Lipinski definition) is 2. The predicted octanol–water partition coefficient (Wildman–Crippen LogP) is 1.16. The van der Waals surface area contributed by atoms with Gasteiger partial charge in [0.25, 0.3) is 0 Å². The zero-order valence-corrected chi connectivity index (χ0v) is 9.10. The van der Waals surface area contributed by atoms with Gasteiger partial charge in [0, 0.05) is 0 Å². The van der Waals surface area contributed by atoms with Crippen LogP contribution >= 0.6 is 11.6 Å². The second-order valence-corrected chi connectivity index (χ2v) is 3.53. The normalized spacial score (nSPS) is 14.9. The van der Waals surface area contributed by atoms with Crippen LogP contribution in [0.1, 0.15) is 5.56 Å². The molecule has 0 unspecified atom stereocenters. The molecule has 0 fully saturated rings. The number of alkyl halides is 1. The van der Waals surface area contributed by atoms with Crippen LogP contribution in [0, 0.1) is 0 Å². The fourth-order valence-electron chi connectivity index (χ4n) is 1.13. The molecule has 0 spiro atoms. The first-order chi connectivity index (χ1) is 7.24. The molecule has 0 amide bonds. The highest BCUT2D eigenvalue weighted by Gasteiger charge is 2.14. The van der Waals surface area contributed by atoms with Crippen molar-refractivity contribution in [3.63, 3.8) is 0 Å². The molecule has 84 valence electrons. The standard InChI is InChI=1S/C11H15ClO3/c12-8-10(13)11(14)15-7-6-9-4-2-1-3-5-9/h1-5,10-11,13-14H,6-8H2/t10-,11+/m0/s1. The molecule has 0 aliphatic rings. The molecule has 0 saturated carbocycles. The Morgan fingerprint density at radius 2 is 1.87 bits per heavy atom. The van der Waals surface area contributed by atoms with Crippen LogP contribution in [-0.2, 0) is 11.2 Å². The van der Waals surface area contributed by atoms with Crippen molar-refractivity contribution in [1.29, 1.82) is 0 Å².